The Morgan fingerprint density at radius 1 is 1.15 bits per heavy atom. The van der Waals surface area contributed by atoms with Crippen molar-refractivity contribution in [1.82, 2.24) is 19.5 Å². The van der Waals surface area contributed by atoms with Gasteiger partial charge in [-0.2, -0.15) is 0 Å². The van der Waals surface area contributed by atoms with E-state index in [9.17, 15) is 9.59 Å². The first-order chi connectivity index (χ1) is 13.1. The van der Waals surface area contributed by atoms with Gasteiger partial charge in [0, 0.05) is 25.4 Å². The van der Waals surface area contributed by atoms with Gasteiger partial charge in [0.1, 0.15) is 0 Å². The lowest BCUT2D eigenvalue weighted by Crippen LogP contribution is -2.32. The van der Waals surface area contributed by atoms with Crippen LogP contribution >= 0.6 is 0 Å². The molecule has 1 aromatic carbocycles. The number of aromatic nitrogens is 3. The fourth-order valence-electron chi connectivity index (χ4n) is 3.61. The number of anilines is 1. The van der Waals surface area contributed by atoms with Crippen molar-refractivity contribution in [2.24, 2.45) is 0 Å². The third-order valence-corrected chi connectivity index (χ3v) is 4.84. The molecule has 1 aliphatic rings. The predicted molar refractivity (Wildman–Crippen MR) is 101 cm³/mol. The smallest absolute Gasteiger partial charge is 0.227 e. The molecule has 1 aliphatic heterocycles. The van der Waals surface area contributed by atoms with Crippen LogP contribution in [0.25, 0.3) is 5.65 Å². The zero-order valence-corrected chi connectivity index (χ0v) is 15.1. The van der Waals surface area contributed by atoms with Crippen molar-refractivity contribution in [2.45, 2.75) is 32.2 Å². The second-order valence-corrected chi connectivity index (χ2v) is 6.79. The Balaban J connectivity index is 1.50. The zero-order chi connectivity index (χ0) is 18.8. The highest BCUT2D eigenvalue weighted by Gasteiger charge is 2.33. The molecule has 0 saturated carbocycles. The van der Waals surface area contributed by atoms with E-state index in [4.69, 9.17) is 0 Å². The first-order valence-corrected chi connectivity index (χ1v) is 9.07. The van der Waals surface area contributed by atoms with Crippen molar-refractivity contribution < 1.29 is 9.59 Å². The highest BCUT2D eigenvalue weighted by atomic mass is 16.2. The van der Waals surface area contributed by atoms with E-state index in [-0.39, 0.29) is 17.9 Å². The van der Waals surface area contributed by atoms with Gasteiger partial charge in [-0.3, -0.25) is 14.0 Å². The molecule has 0 radical (unpaired) electrons. The van der Waals surface area contributed by atoms with Crippen LogP contribution in [-0.2, 0) is 16.0 Å². The molecular formula is C20H21N5O2. The molecule has 0 bridgehead atoms. The maximum atomic E-state index is 12.9. The molecule has 7 nitrogen and oxygen atoms in total. The second kappa shape index (κ2) is 7.19. The molecule has 7 heteroatoms. The molecule has 3 heterocycles. The van der Waals surface area contributed by atoms with Crippen LogP contribution in [0.4, 0.5) is 5.69 Å². The number of pyridine rings is 1. The van der Waals surface area contributed by atoms with E-state index in [0.29, 0.717) is 6.42 Å². The van der Waals surface area contributed by atoms with Gasteiger partial charge in [0.15, 0.2) is 11.5 Å². The normalized spacial score (nSPS) is 16.6. The standard InChI is InChI=1S/C20H21N5O2/c1-14(26)21-16-9-7-15(8-10-16)13-19(27)24-12-4-5-17(24)20-23-22-18-6-2-3-11-25(18)20/h2-3,6-11,17H,4-5,12-13H2,1H3,(H,21,26). The first kappa shape index (κ1) is 17.2. The van der Waals surface area contributed by atoms with Gasteiger partial charge < -0.3 is 10.2 Å². The number of benzene rings is 1. The zero-order valence-electron chi connectivity index (χ0n) is 15.1. The lowest BCUT2D eigenvalue weighted by molar-refractivity contribution is -0.131. The molecule has 1 saturated heterocycles. The summed E-state index contributed by atoms with van der Waals surface area (Å²) in [5.41, 5.74) is 2.44. The molecule has 1 fully saturated rings. The van der Waals surface area contributed by atoms with Gasteiger partial charge in [-0.25, -0.2) is 0 Å². The number of rotatable bonds is 4. The molecular weight excluding hydrogens is 342 g/mol. The number of carbonyl (C=O) groups excluding carboxylic acids is 2. The van der Waals surface area contributed by atoms with Crippen LogP contribution in [0.5, 0.6) is 0 Å². The average Bonchev–Trinajstić information content (AvgIpc) is 3.29. The van der Waals surface area contributed by atoms with E-state index in [1.54, 1.807) is 0 Å². The minimum absolute atomic E-state index is 0.0476. The fraction of sp³-hybridized carbons (Fsp3) is 0.300. The molecule has 0 aliphatic carbocycles. The van der Waals surface area contributed by atoms with E-state index in [1.807, 2.05) is 58.0 Å². The largest absolute Gasteiger partial charge is 0.332 e. The van der Waals surface area contributed by atoms with Crippen LogP contribution in [0.15, 0.2) is 48.7 Å². The molecule has 3 aromatic rings. The summed E-state index contributed by atoms with van der Waals surface area (Å²) in [7, 11) is 0. The van der Waals surface area contributed by atoms with Crippen LogP contribution < -0.4 is 5.32 Å². The predicted octanol–water partition coefficient (Wildman–Crippen LogP) is 2.59. The van der Waals surface area contributed by atoms with Gasteiger partial charge >= 0.3 is 0 Å². The minimum atomic E-state index is -0.112. The SMILES string of the molecule is CC(=O)Nc1ccc(CC(=O)N2CCCC2c2nnc3ccccn23)cc1. The summed E-state index contributed by atoms with van der Waals surface area (Å²) >= 11 is 0. The summed E-state index contributed by atoms with van der Waals surface area (Å²) in [6.45, 7) is 2.20. The summed E-state index contributed by atoms with van der Waals surface area (Å²) in [6.07, 6.45) is 4.11. The van der Waals surface area contributed by atoms with Gasteiger partial charge in [0.25, 0.3) is 0 Å². The summed E-state index contributed by atoms with van der Waals surface area (Å²) in [6, 6.07) is 13.1. The third-order valence-electron chi connectivity index (χ3n) is 4.84. The summed E-state index contributed by atoms with van der Waals surface area (Å²) < 4.78 is 1.96. The van der Waals surface area contributed by atoms with Gasteiger partial charge in [0.2, 0.25) is 11.8 Å². The number of amides is 2. The molecule has 0 spiro atoms. The second-order valence-electron chi connectivity index (χ2n) is 6.79. The highest BCUT2D eigenvalue weighted by molar-refractivity contribution is 5.88. The molecule has 1 N–H and O–H groups in total. The summed E-state index contributed by atoms with van der Waals surface area (Å²) in [5.74, 6) is 0.786. The molecule has 1 unspecified atom stereocenters. The average molecular weight is 363 g/mol. The van der Waals surface area contributed by atoms with Crippen LogP contribution in [0.2, 0.25) is 0 Å². The molecule has 4 rings (SSSR count). The van der Waals surface area contributed by atoms with E-state index in [0.717, 1.165) is 42.1 Å². The third kappa shape index (κ3) is 3.53. The number of carbonyl (C=O) groups is 2. The highest BCUT2D eigenvalue weighted by Crippen LogP contribution is 2.31. The van der Waals surface area contributed by atoms with Gasteiger partial charge in [-0.1, -0.05) is 18.2 Å². The van der Waals surface area contributed by atoms with Crippen molar-refractivity contribution in [3.8, 4) is 0 Å². The Morgan fingerprint density at radius 3 is 2.74 bits per heavy atom. The number of hydrogen-bond donors (Lipinski definition) is 1. The van der Waals surface area contributed by atoms with E-state index in [2.05, 4.69) is 15.5 Å². The van der Waals surface area contributed by atoms with Crippen molar-refractivity contribution in [3.63, 3.8) is 0 Å². The van der Waals surface area contributed by atoms with Crippen LogP contribution in [0.1, 0.15) is 37.2 Å². The van der Waals surface area contributed by atoms with Crippen molar-refractivity contribution in [1.29, 1.82) is 0 Å². The number of likely N-dealkylation sites (tertiary alicyclic amines) is 1. The van der Waals surface area contributed by atoms with Crippen molar-refractivity contribution >= 4 is 23.1 Å². The number of nitrogens with zero attached hydrogens (tertiary/aromatic N) is 4. The van der Waals surface area contributed by atoms with E-state index in [1.165, 1.54) is 6.92 Å². The van der Waals surface area contributed by atoms with Crippen LogP contribution in [-0.4, -0.2) is 37.9 Å². The van der Waals surface area contributed by atoms with E-state index >= 15 is 0 Å². The maximum Gasteiger partial charge on any atom is 0.227 e. The number of nitrogens with one attached hydrogen (secondary N) is 1. The maximum absolute atomic E-state index is 12.9. The quantitative estimate of drug-likeness (QED) is 0.773. The molecule has 1 atom stereocenters. The summed E-state index contributed by atoms with van der Waals surface area (Å²) in [5, 5.41) is 11.3. The minimum Gasteiger partial charge on any atom is -0.332 e. The van der Waals surface area contributed by atoms with Gasteiger partial charge in [-0.15, -0.1) is 10.2 Å². The van der Waals surface area contributed by atoms with Crippen LogP contribution in [0.3, 0.4) is 0 Å². The topological polar surface area (TPSA) is 79.6 Å². The fourth-order valence-corrected chi connectivity index (χ4v) is 3.61. The van der Waals surface area contributed by atoms with Crippen LogP contribution in [0, 0.1) is 0 Å². The Kier molecular flexibility index (Phi) is 4.58. The first-order valence-electron chi connectivity index (χ1n) is 9.07. The molecule has 2 aromatic heterocycles. The lowest BCUT2D eigenvalue weighted by atomic mass is 10.1. The van der Waals surface area contributed by atoms with Crippen molar-refractivity contribution in [2.75, 3.05) is 11.9 Å². The monoisotopic (exact) mass is 363 g/mol. The Labute approximate surface area is 157 Å². The molecule has 27 heavy (non-hydrogen) atoms. The Bertz CT molecular complexity index is 979. The van der Waals surface area contributed by atoms with Crippen molar-refractivity contribution in [3.05, 3.63) is 60.0 Å². The Morgan fingerprint density at radius 2 is 1.96 bits per heavy atom. The number of hydrogen-bond acceptors (Lipinski definition) is 4. The lowest BCUT2D eigenvalue weighted by Gasteiger charge is -2.23. The van der Waals surface area contributed by atoms with Gasteiger partial charge in [0.05, 0.1) is 12.5 Å². The van der Waals surface area contributed by atoms with Gasteiger partial charge in [-0.05, 0) is 42.7 Å². The van der Waals surface area contributed by atoms with E-state index < -0.39 is 0 Å². The Hall–Kier alpha value is -3.22. The molecule has 138 valence electrons. The summed E-state index contributed by atoms with van der Waals surface area (Å²) in [4.78, 5) is 25.9. The molecule has 2 amide bonds. The number of fused-ring (bicyclic) bond motifs is 1.